The first-order valence-electron chi connectivity index (χ1n) is 13.4. The molecule has 3 nitrogen and oxygen atoms in total. The third kappa shape index (κ3) is 6.08. The van der Waals surface area contributed by atoms with Gasteiger partial charge in [0.1, 0.15) is 0 Å². The summed E-state index contributed by atoms with van der Waals surface area (Å²) in [6.07, 6.45) is 12.9. The topological polar surface area (TPSA) is 27.7 Å². The van der Waals surface area contributed by atoms with Crippen molar-refractivity contribution in [2.75, 3.05) is 19.8 Å². The summed E-state index contributed by atoms with van der Waals surface area (Å²) in [5.41, 5.74) is 0.511. The van der Waals surface area contributed by atoms with Crippen LogP contribution in [0.4, 0.5) is 8.78 Å². The number of rotatable bonds is 7. The Bertz CT molecular complexity index is 739. The first kappa shape index (κ1) is 24.9. The molecule has 0 spiro atoms. The second-order valence-corrected chi connectivity index (χ2v) is 10.5. The lowest BCUT2D eigenvalue weighted by atomic mass is 9.82. The first-order chi connectivity index (χ1) is 16.1. The van der Waals surface area contributed by atoms with E-state index in [-0.39, 0.29) is 11.7 Å². The van der Waals surface area contributed by atoms with Crippen LogP contribution in [0, 0.1) is 29.4 Å². The largest absolute Gasteiger partial charge is 0.491 e. The third-order valence-electron chi connectivity index (χ3n) is 8.33. The Labute approximate surface area is 198 Å². The van der Waals surface area contributed by atoms with Crippen molar-refractivity contribution >= 4 is 0 Å². The van der Waals surface area contributed by atoms with Gasteiger partial charge in [-0.25, -0.2) is 4.39 Å². The number of benzene rings is 1. The van der Waals surface area contributed by atoms with Crippen molar-refractivity contribution in [3.05, 3.63) is 29.3 Å². The molecule has 186 valence electrons. The van der Waals surface area contributed by atoms with Gasteiger partial charge in [-0.3, -0.25) is 0 Å². The maximum atomic E-state index is 14.7. The molecule has 6 unspecified atom stereocenters. The molecule has 3 fully saturated rings. The molecule has 1 aromatic rings. The van der Waals surface area contributed by atoms with Crippen molar-refractivity contribution in [1.29, 1.82) is 0 Å². The van der Waals surface area contributed by atoms with E-state index in [9.17, 15) is 8.78 Å². The first-order valence-corrected chi connectivity index (χ1v) is 13.4. The second kappa shape index (κ2) is 12.0. The van der Waals surface area contributed by atoms with Gasteiger partial charge >= 0.3 is 0 Å². The van der Waals surface area contributed by atoms with Gasteiger partial charge in [-0.2, -0.15) is 4.39 Å². The Hall–Kier alpha value is -1.20. The molecule has 3 aliphatic rings. The molecule has 2 saturated heterocycles. The average Bonchev–Trinajstić information content (AvgIpc) is 3.09. The molecular weight excluding hydrogens is 422 g/mol. The zero-order valence-electron chi connectivity index (χ0n) is 20.5. The number of hydrogen-bond donors (Lipinski definition) is 0. The Kier molecular flexibility index (Phi) is 9.04. The van der Waals surface area contributed by atoms with Crippen LogP contribution in [-0.4, -0.2) is 32.0 Å². The Morgan fingerprint density at radius 2 is 1.58 bits per heavy atom. The molecule has 0 N–H and O–H groups in total. The van der Waals surface area contributed by atoms with Crippen LogP contribution in [0.15, 0.2) is 12.1 Å². The van der Waals surface area contributed by atoms with Crippen molar-refractivity contribution < 1.29 is 23.0 Å². The molecule has 0 aromatic heterocycles. The summed E-state index contributed by atoms with van der Waals surface area (Å²) in [7, 11) is 0. The van der Waals surface area contributed by atoms with Crippen LogP contribution in [-0.2, 0) is 9.47 Å². The quantitative estimate of drug-likeness (QED) is 0.393. The van der Waals surface area contributed by atoms with Gasteiger partial charge in [-0.05, 0) is 94.1 Å². The smallest absolute Gasteiger partial charge is 0.200 e. The van der Waals surface area contributed by atoms with Crippen LogP contribution in [0.25, 0.3) is 0 Å². The van der Waals surface area contributed by atoms with E-state index in [1.165, 1.54) is 32.1 Å². The lowest BCUT2D eigenvalue weighted by molar-refractivity contribution is -0.115. The summed E-state index contributed by atoms with van der Waals surface area (Å²) >= 11 is 0. The minimum absolute atomic E-state index is 0.0123. The highest BCUT2D eigenvalue weighted by Crippen LogP contribution is 2.41. The highest BCUT2D eigenvalue weighted by Gasteiger charge is 2.35. The van der Waals surface area contributed by atoms with Crippen LogP contribution < -0.4 is 4.74 Å². The molecule has 2 aliphatic heterocycles. The molecule has 1 aromatic carbocycles. The molecule has 5 heteroatoms. The molecule has 0 amide bonds. The van der Waals surface area contributed by atoms with Gasteiger partial charge in [0.15, 0.2) is 11.6 Å². The van der Waals surface area contributed by atoms with Crippen LogP contribution in [0.3, 0.4) is 0 Å². The zero-order chi connectivity index (χ0) is 23.2. The van der Waals surface area contributed by atoms with E-state index in [0.29, 0.717) is 36.2 Å². The van der Waals surface area contributed by atoms with Crippen molar-refractivity contribution in [3.63, 3.8) is 0 Å². The third-order valence-corrected chi connectivity index (χ3v) is 8.33. The molecular formula is C28H42F2O3. The van der Waals surface area contributed by atoms with E-state index in [0.717, 1.165) is 57.7 Å². The van der Waals surface area contributed by atoms with E-state index in [2.05, 4.69) is 6.92 Å². The van der Waals surface area contributed by atoms with Gasteiger partial charge < -0.3 is 14.2 Å². The van der Waals surface area contributed by atoms with Crippen molar-refractivity contribution in [3.8, 4) is 5.75 Å². The fraction of sp³-hybridized carbons (Fsp3) is 0.786. The lowest BCUT2D eigenvalue weighted by Gasteiger charge is -2.39. The standard InChI is InChI=1S/C28H42F2O3/c1-3-6-19-9-14-25(32-17-19)22-12-15-24(33-18-22)21-8-5-7-20(10-11-21)23-13-16-26(31-4-2)28(30)27(23)29/h13,16,19-22,24-25H,3-12,14-15,17-18H2,1-2H3. The zero-order valence-corrected chi connectivity index (χ0v) is 20.5. The molecule has 2 heterocycles. The van der Waals surface area contributed by atoms with Gasteiger partial charge in [0.05, 0.1) is 25.4 Å². The lowest BCUT2D eigenvalue weighted by Crippen LogP contribution is -2.40. The van der Waals surface area contributed by atoms with Crippen molar-refractivity contribution in [2.45, 2.75) is 103 Å². The summed E-state index contributed by atoms with van der Waals surface area (Å²) < 4.78 is 47.0. The molecule has 1 aliphatic carbocycles. The summed E-state index contributed by atoms with van der Waals surface area (Å²) in [4.78, 5) is 0. The Morgan fingerprint density at radius 3 is 2.27 bits per heavy atom. The van der Waals surface area contributed by atoms with Gasteiger partial charge in [0, 0.05) is 12.5 Å². The molecule has 0 radical (unpaired) electrons. The second-order valence-electron chi connectivity index (χ2n) is 10.5. The molecule has 6 atom stereocenters. The van der Waals surface area contributed by atoms with Crippen molar-refractivity contribution in [2.24, 2.45) is 17.8 Å². The predicted octanol–water partition coefficient (Wildman–Crippen LogP) is 7.42. The van der Waals surface area contributed by atoms with Crippen LogP contribution in [0.2, 0.25) is 0 Å². The summed E-state index contributed by atoms with van der Waals surface area (Å²) in [6.45, 7) is 6.09. The molecule has 4 rings (SSSR count). The normalized spacial score (nSPS) is 33.5. The van der Waals surface area contributed by atoms with E-state index >= 15 is 0 Å². The summed E-state index contributed by atoms with van der Waals surface area (Å²) in [5, 5.41) is 0. The van der Waals surface area contributed by atoms with Gasteiger partial charge in [0.25, 0.3) is 0 Å². The van der Waals surface area contributed by atoms with E-state index in [4.69, 9.17) is 14.2 Å². The maximum absolute atomic E-state index is 14.7. The van der Waals surface area contributed by atoms with E-state index < -0.39 is 11.6 Å². The SMILES string of the molecule is CCCC1CCC(C2CCC(C3CCCC(c4ccc(OCC)c(F)c4F)CC3)OC2)OC1. The number of halogens is 2. The van der Waals surface area contributed by atoms with E-state index in [1.54, 1.807) is 19.1 Å². The maximum Gasteiger partial charge on any atom is 0.200 e. The van der Waals surface area contributed by atoms with Gasteiger partial charge in [0.2, 0.25) is 5.82 Å². The monoisotopic (exact) mass is 464 g/mol. The Morgan fingerprint density at radius 1 is 0.818 bits per heavy atom. The molecule has 1 saturated carbocycles. The van der Waals surface area contributed by atoms with Crippen LogP contribution in [0.5, 0.6) is 5.75 Å². The molecule has 0 bridgehead atoms. The van der Waals surface area contributed by atoms with Crippen molar-refractivity contribution in [1.82, 2.24) is 0 Å². The fourth-order valence-electron chi connectivity index (χ4n) is 6.43. The predicted molar refractivity (Wildman–Crippen MR) is 127 cm³/mol. The summed E-state index contributed by atoms with van der Waals surface area (Å²) in [5.74, 6) is 0.311. The highest BCUT2D eigenvalue weighted by molar-refractivity contribution is 5.33. The van der Waals surface area contributed by atoms with Crippen LogP contribution in [0.1, 0.15) is 96.0 Å². The number of ether oxygens (including phenoxy) is 3. The molecule has 33 heavy (non-hydrogen) atoms. The average molecular weight is 465 g/mol. The Balaban J connectivity index is 1.27. The minimum atomic E-state index is -0.845. The van der Waals surface area contributed by atoms with Gasteiger partial charge in [-0.1, -0.05) is 25.8 Å². The van der Waals surface area contributed by atoms with E-state index in [1.807, 2.05) is 0 Å². The number of hydrogen-bond acceptors (Lipinski definition) is 3. The van der Waals surface area contributed by atoms with Gasteiger partial charge in [-0.15, -0.1) is 0 Å². The van der Waals surface area contributed by atoms with Crippen LogP contribution >= 0.6 is 0 Å². The summed E-state index contributed by atoms with van der Waals surface area (Å²) in [6, 6.07) is 3.31. The minimum Gasteiger partial charge on any atom is -0.491 e. The fourth-order valence-corrected chi connectivity index (χ4v) is 6.43. The highest BCUT2D eigenvalue weighted by atomic mass is 19.2.